The monoisotopic (exact) mass is 314 g/mol. The molecule has 0 aliphatic rings. The molecular formula is C16H14N2O5. The van der Waals surface area contributed by atoms with E-state index in [0.29, 0.717) is 5.56 Å². The first-order valence-electron chi connectivity index (χ1n) is 6.74. The average Bonchev–Trinajstić information content (AvgIpc) is 2.53. The fourth-order valence-electron chi connectivity index (χ4n) is 1.91. The maximum atomic E-state index is 11.9. The second kappa shape index (κ2) is 7.17. The Kier molecular flexibility index (Phi) is 5.03. The molecule has 0 unspecified atom stereocenters. The van der Waals surface area contributed by atoms with E-state index in [1.165, 1.54) is 24.3 Å². The number of nitrogens with zero attached hydrogens (tertiary/aromatic N) is 1. The molecule has 0 bridgehead atoms. The molecule has 1 amide bonds. The van der Waals surface area contributed by atoms with Crippen molar-refractivity contribution in [2.45, 2.75) is 6.92 Å². The van der Waals surface area contributed by atoms with Crippen molar-refractivity contribution in [2.75, 3.05) is 11.9 Å². The quantitative estimate of drug-likeness (QED) is 0.519. The van der Waals surface area contributed by atoms with Crippen molar-refractivity contribution in [3.63, 3.8) is 0 Å². The third kappa shape index (κ3) is 4.37. The van der Waals surface area contributed by atoms with Gasteiger partial charge in [0.05, 0.1) is 10.5 Å². The summed E-state index contributed by atoms with van der Waals surface area (Å²) in [6, 6.07) is 12.4. The summed E-state index contributed by atoms with van der Waals surface area (Å²) in [6.07, 6.45) is 0. The van der Waals surface area contributed by atoms with Gasteiger partial charge in [0.2, 0.25) is 0 Å². The third-order valence-corrected chi connectivity index (χ3v) is 3.04. The lowest BCUT2D eigenvalue weighted by molar-refractivity contribution is -0.384. The van der Waals surface area contributed by atoms with Crippen molar-refractivity contribution in [1.29, 1.82) is 0 Å². The van der Waals surface area contributed by atoms with Gasteiger partial charge in [-0.05, 0) is 24.6 Å². The zero-order valence-electron chi connectivity index (χ0n) is 12.3. The van der Waals surface area contributed by atoms with Gasteiger partial charge in [-0.3, -0.25) is 14.9 Å². The van der Waals surface area contributed by atoms with Crippen LogP contribution in [0.1, 0.15) is 15.9 Å². The van der Waals surface area contributed by atoms with Gasteiger partial charge in [-0.25, -0.2) is 4.79 Å². The Hall–Kier alpha value is -3.22. The highest BCUT2D eigenvalue weighted by Crippen LogP contribution is 2.17. The van der Waals surface area contributed by atoms with E-state index in [9.17, 15) is 19.7 Å². The first-order valence-corrected chi connectivity index (χ1v) is 6.74. The zero-order chi connectivity index (χ0) is 16.8. The molecule has 0 heterocycles. The van der Waals surface area contributed by atoms with Gasteiger partial charge >= 0.3 is 5.97 Å². The van der Waals surface area contributed by atoms with E-state index in [4.69, 9.17) is 4.74 Å². The van der Waals surface area contributed by atoms with Crippen molar-refractivity contribution in [1.82, 2.24) is 0 Å². The number of carbonyl (C=O) groups is 2. The Morgan fingerprint density at radius 1 is 1.17 bits per heavy atom. The number of rotatable bonds is 5. The van der Waals surface area contributed by atoms with E-state index >= 15 is 0 Å². The number of ether oxygens (including phenoxy) is 1. The van der Waals surface area contributed by atoms with E-state index < -0.39 is 23.4 Å². The molecule has 0 radical (unpaired) electrons. The number of nitro groups is 1. The Morgan fingerprint density at radius 2 is 1.91 bits per heavy atom. The number of aryl methyl sites for hydroxylation is 1. The van der Waals surface area contributed by atoms with Gasteiger partial charge in [0.1, 0.15) is 0 Å². The van der Waals surface area contributed by atoms with Gasteiger partial charge in [-0.1, -0.05) is 24.3 Å². The molecular weight excluding hydrogens is 300 g/mol. The molecule has 0 fully saturated rings. The SMILES string of the molecule is Cc1ccccc1C(=O)OCC(=O)Nc1cccc([N+](=O)[O-])c1. The van der Waals surface area contributed by atoms with Crippen LogP contribution < -0.4 is 5.32 Å². The molecule has 23 heavy (non-hydrogen) atoms. The van der Waals surface area contributed by atoms with Crippen LogP contribution in [0.3, 0.4) is 0 Å². The molecule has 2 aromatic carbocycles. The average molecular weight is 314 g/mol. The summed E-state index contributed by atoms with van der Waals surface area (Å²) in [5.74, 6) is -1.18. The summed E-state index contributed by atoms with van der Waals surface area (Å²) in [4.78, 5) is 33.7. The summed E-state index contributed by atoms with van der Waals surface area (Å²) in [5.41, 5.74) is 1.25. The van der Waals surface area contributed by atoms with Gasteiger partial charge in [0.15, 0.2) is 6.61 Å². The lowest BCUT2D eigenvalue weighted by Crippen LogP contribution is -2.21. The van der Waals surface area contributed by atoms with Crippen LogP contribution in [0, 0.1) is 17.0 Å². The topological polar surface area (TPSA) is 98.5 Å². The summed E-state index contributed by atoms with van der Waals surface area (Å²) in [7, 11) is 0. The molecule has 0 aliphatic carbocycles. The largest absolute Gasteiger partial charge is 0.452 e. The molecule has 0 spiro atoms. The van der Waals surface area contributed by atoms with Crippen LogP contribution >= 0.6 is 0 Å². The normalized spacial score (nSPS) is 9.96. The molecule has 7 heteroatoms. The first kappa shape index (κ1) is 16.2. The summed E-state index contributed by atoms with van der Waals surface area (Å²) >= 11 is 0. The van der Waals surface area contributed by atoms with Gasteiger partial charge < -0.3 is 10.1 Å². The Labute approximate surface area is 132 Å². The number of benzene rings is 2. The molecule has 2 aromatic rings. The molecule has 0 saturated carbocycles. The first-order chi connectivity index (χ1) is 11.0. The maximum absolute atomic E-state index is 11.9. The second-order valence-corrected chi connectivity index (χ2v) is 4.75. The number of esters is 1. The lowest BCUT2D eigenvalue weighted by Gasteiger charge is -2.08. The van der Waals surface area contributed by atoms with Crippen molar-refractivity contribution in [3.8, 4) is 0 Å². The number of nitro benzene ring substituents is 1. The number of non-ortho nitro benzene ring substituents is 1. The van der Waals surface area contributed by atoms with Gasteiger partial charge in [-0.15, -0.1) is 0 Å². The fraction of sp³-hybridized carbons (Fsp3) is 0.125. The number of carbonyl (C=O) groups excluding carboxylic acids is 2. The van der Waals surface area contributed by atoms with Crippen molar-refractivity contribution < 1.29 is 19.2 Å². The van der Waals surface area contributed by atoms with Crippen LogP contribution in [-0.2, 0) is 9.53 Å². The lowest BCUT2D eigenvalue weighted by atomic mass is 10.1. The molecule has 7 nitrogen and oxygen atoms in total. The number of hydrogen-bond acceptors (Lipinski definition) is 5. The number of anilines is 1. The second-order valence-electron chi connectivity index (χ2n) is 4.75. The molecule has 1 N–H and O–H groups in total. The standard InChI is InChI=1S/C16H14N2O5/c1-11-5-2-3-8-14(11)16(20)23-10-15(19)17-12-6-4-7-13(9-12)18(21)22/h2-9H,10H2,1H3,(H,17,19). The molecule has 0 aliphatic heterocycles. The van der Waals surface area contributed by atoms with Crippen LogP contribution in [0.4, 0.5) is 11.4 Å². The van der Waals surface area contributed by atoms with Crippen LogP contribution in [0.5, 0.6) is 0 Å². The highest BCUT2D eigenvalue weighted by Gasteiger charge is 2.13. The van der Waals surface area contributed by atoms with E-state index in [1.807, 2.05) is 0 Å². The molecule has 118 valence electrons. The fourth-order valence-corrected chi connectivity index (χ4v) is 1.91. The van der Waals surface area contributed by atoms with Gasteiger partial charge in [0, 0.05) is 17.8 Å². The third-order valence-electron chi connectivity index (χ3n) is 3.04. The molecule has 0 atom stereocenters. The molecule has 0 aromatic heterocycles. The van der Waals surface area contributed by atoms with Crippen LogP contribution in [-0.4, -0.2) is 23.4 Å². The predicted octanol–water partition coefficient (Wildman–Crippen LogP) is 2.70. The number of hydrogen-bond donors (Lipinski definition) is 1. The zero-order valence-corrected chi connectivity index (χ0v) is 12.3. The van der Waals surface area contributed by atoms with E-state index in [0.717, 1.165) is 5.56 Å². The minimum Gasteiger partial charge on any atom is -0.452 e. The summed E-state index contributed by atoms with van der Waals surface area (Å²) in [5, 5.41) is 13.1. The minimum absolute atomic E-state index is 0.139. The van der Waals surface area contributed by atoms with Gasteiger partial charge in [-0.2, -0.15) is 0 Å². The summed E-state index contributed by atoms with van der Waals surface area (Å²) in [6.45, 7) is 1.29. The van der Waals surface area contributed by atoms with Crippen molar-refractivity contribution in [2.24, 2.45) is 0 Å². The smallest absolute Gasteiger partial charge is 0.338 e. The number of nitrogens with one attached hydrogen (secondary N) is 1. The predicted molar refractivity (Wildman–Crippen MR) is 83.2 cm³/mol. The highest BCUT2D eigenvalue weighted by atomic mass is 16.6. The number of amides is 1. The Bertz CT molecular complexity index is 758. The highest BCUT2D eigenvalue weighted by molar-refractivity contribution is 5.96. The van der Waals surface area contributed by atoms with E-state index in [1.54, 1.807) is 31.2 Å². The van der Waals surface area contributed by atoms with E-state index in [-0.39, 0.29) is 11.4 Å². The van der Waals surface area contributed by atoms with Crippen LogP contribution in [0.2, 0.25) is 0 Å². The summed E-state index contributed by atoms with van der Waals surface area (Å²) < 4.78 is 4.94. The van der Waals surface area contributed by atoms with Gasteiger partial charge in [0.25, 0.3) is 11.6 Å². The van der Waals surface area contributed by atoms with Crippen molar-refractivity contribution >= 4 is 23.3 Å². The van der Waals surface area contributed by atoms with E-state index in [2.05, 4.69) is 5.32 Å². The molecule has 2 rings (SSSR count). The minimum atomic E-state index is -0.600. The maximum Gasteiger partial charge on any atom is 0.338 e. The van der Waals surface area contributed by atoms with Crippen LogP contribution in [0.15, 0.2) is 48.5 Å². The van der Waals surface area contributed by atoms with Crippen LogP contribution in [0.25, 0.3) is 0 Å². The van der Waals surface area contributed by atoms with Crippen molar-refractivity contribution in [3.05, 3.63) is 69.8 Å². The molecule has 0 saturated heterocycles. The Morgan fingerprint density at radius 3 is 2.61 bits per heavy atom. The Balaban J connectivity index is 1.93.